The quantitative estimate of drug-likeness (QED) is 0.575. The molecule has 0 aliphatic carbocycles. The Labute approximate surface area is 117 Å². The summed E-state index contributed by atoms with van der Waals surface area (Å²) in [6.07, 6.45) is 3.87. The SMILES string of the molecule is C=CCCCOc1nc(C)cc(C)c1CNC(C)C. The minimum atomic E-state index is 0.453. The zero-order valence-electron chi connectivity index (χ0n) is 12.6. The van der Waals surface area contributed by atoms with Crippen molar-refractivity contribution in [2.45, 2.75) is 53.1 Å². The summed E-state index contributed by atoms with van der Waals surface area (Å²) >= 11 is 0. The molecule has 0 unspecified atom stereocenters. The van der Waals surface area contributed by atoms with Crippen LogP contribution in [0.1, 0.15) is 43.5 Å². The fraction of sp³-hybridized carbons (Fsp3) is 0.562. The van der Waals surface area contributed by atoms with Crippen molar-refractivity contribution in [1.29, 1.82) is 0 Å². The van der Waals surface area contributed by atoms with E-state index in [4.69, 9.17) is 4.74 Å². The second-order valence-electron chi connectivity index (χ2n) is 5.18. The normalized spacial score (nSPS) is 10.8. The van der Waals surface area contributed by atoms with Crippen LogP contribution in [0.4, 0.5) is 0 Å². The van der Waals surface area contributed by atoms with Gasteiger partial charge >= 0.3 is 0 Å². The molecule has 0 amide bonds. The van der Waals surface area contributed by atoms with Crippen LogP contribution in [0.2, 0.25) is 0 Å². The number of unbranched alkanes of at least 4 members (excludes halogenated alkanes) is 1. The zero-order valence-corrected chi connectivity index (χ0v) is 12.6. The van der Waals surface area contributed by atoms with Gasteiger partial charge in [-0.25, -0.2) is 4.98 Å². The summed E-state index contributed by atoms with van der Waals surface area (Å²) in [5, 5.41) is 3.43. The number of ether oxygens (including phenoxy) is 1. The Kier molecular flexibility index (Phi) is 6.57. The van der Waals surface area contributed by atoms with Gasteiger partial charge in [0.2, 0.25) is 5.88 Å². The van der Waals surface area contributed by atoms with Gasteiger partial charge in [-0.05, 0) is 38.3 Å². The van der Waals surface area contributed by atoms with Crippen molar-refractivity contribution in [3.63, 3.8) is 0 Å². The number of aromatic nitrogens is 1. The maximum Gasteiger partial charge on any atom is 0.218 e. The summed E-state index contributed by atoms with van der Waals surface area (Å²) in [7, 11) is 0. The number of allylic oxidation sites excluding steroid dienone is 1. The minimum absolute atomic E-state index is 0.453. The number of aryl methyl sites for hydroxylation is 2. The summed E-state index contributed by atoms with van der Waals surface area (Å²) in [5.41, 5.74) is 3.40. The highest BCUT2D eigenvalue weighted by molar-refractivity contribution is 5.35. The van der Waals surface area contributed by atoms with Crippen molar-refractivity contribution >= 4 is 0 Å². The third kappa shape index (κ3) is 5.43. The molecule has 1 rings (SSSR count). The molecule has 0 spiro atoms. The molecule has 1 aromatic rings. The number of nitrogens with one attached hydrogen (secondary N) is 1. The van der Waals surface area contributed by atoms with Gasteiger partial charge in [0.05, 0.1) is 6.61 Å². The van der Waals surface area contributed by atoms with E-state index in [2.05, 4.69) is 43.7 Å². The third-order valence-electron chi connectivity index (χ3n) is 2.92. The van der Waals surface area contributed by atoms with Crippen molar-refractivity contribution < 1.29 is 4.74 Å². The Bertz CT molecular complexity index is 413. The molecule has 3 heteroatoms. The number of pyridine rings is 1. The lowest BCUT2D eigenvalue weighted by Gasteiger charge is -2.15. The fourth-order valence-electron chi connectivity index (χ4n) is 1.87. The molecule has 0 radical (unpaired) electrons. The van der Waals surface area contributed by atoms with Crippen LogP contribution in [-0.2, 0) is 6.54 Å². The van der Waals surface area contributed by atoms with Gasteiger partial charge in [0, 0.05) is 23.8 Å². The van der Waals surface area contributed by atoms with Crippen LogP contribution in [0.5, 0.6) is 5.88 Å². The molecule has 3 nitrogen and oxygen atoms in total. The van der Waals surface area contributed by atoms with Crippen LogP contribution in [-0.4, -0.2) is 17.6 Å². The molecule has 1 aromatic heterocycles. The summed E-state index contributed by atoms with van der Waals surface area (Å²) in [4.78, 5) is 4.52. The van der Waals surface area contributed by atoms with Crippen LogP contribution < -0.4 is 10.1 Å². The lowest BCUT2D eigenvalue weighted by atomic mass is 10.1. The zero-order chi connectivity index (χ0) is 14.3. The average molecular weight is 262 g/mol. The molecular formula is C16H26N2O. The Morgan fingerprint density at radius 2 is 2.16 bits per heavy atom. The first kappa shape index (κ1) is 15.7. The van der Waals surface area contributed by atoms with Gasteiger partial charge in [0.15, 0.2) is 0 Å². The smallest absolute Gasteiger partial charge is 0.218 e. The molecule has 0 aliphatic rings. The summed E-state index contributed by atoms with van der Waals surface area (Å²) in [5.74, 6) is 0.773. The van der Waals surface area contributed by atoms with Crippen LogP contribution in [0, 0.1) is 13.8 Å². The molecule has 0 fully saturated rings. The highest BCUT2D eigenvalue weighted by atomic mass is 16.5. The predicted molar refractivity (Wildman–Crippen MR) is 80.6 cm³/mol. The maximum absolute atomic E-state index is 5.83. The van der Waals surface area contributed by atoms with Gasteiger partial charge in [0.1, 0.15) is 0 Å². The largest absolute Gasteiger partial charge is 0.477 e. The first-order valence-corrected chi connectivity index (χ1v) is 6.98. The van der Waals surface area contributed by atoms with Crippen molar-refractivity contribution in [3.8, 4) is 5.88 Å². The standard InChI is InChI=1S/C16H26N2O/c1-6-7-8-9-19-16-15(11-17-12(2)3)13(4)10-14(5)18-16/h6,10,12,17H,1,7-9,11H2,2-5H3. The van der Waals surface area contributed by atoms with Gasteiger partial charge in [-0.3, -0.25) is 0 Å². The summed E-state index contributed by atoms with van der Waals surface area (Å²) in [6, 6.07) is 2.56. The Hall–Kier alpha value is -1.35. The summed E-state index contributed by atoms with van der Waals surface area (Å²) < 4.78 is 5.83. The van der Waals surface area contributed by atoms with E-state index in [0.29, 0.717) is 12.6 Å². The minimum Gasteiger partial charge on any atom is -0.477 e. The van der Waals surface area contributed by atoms with Crippen molar-refractivity contribution in [3.05, 3.63) is 35.5 Å². The second-order valence-corrected chi connectivity index (χ2v) is 5.18. The monoisotopic (exact) mass is 262 g/mol. The Morgan fingerprint density at radius 3 is 2.79 bits per heavy atom. The van der Waals surface area contributed by atoms with E-state index >= 15 is 0 Å². The highest BCUT2D eigenvalue weighted by Crippen LogP contribution is 2.21. The van der Waals surface area contributed by atoms with E-state index in [9.17, 15) is 0 Å². The van der Waals surface area contributed by atoms with E-state index in [-0.39, 0.29) is 0 Å². The number of hydrogen-bond donors (Lipinski definition) is 1. The van der Waals surface area contributed by atoms with Crippen LogP contribution in [0.15, 0.2) is 18.7 Å². The van der Waals surface area contributed by atoms with Crippen molar-refractivity contribution in [1.82, 2.24) is 10.3 Å². The van der Waals surface area contributed by atoms with E-state index in [1.807, 2.05) is 13.0 Å². The molecule has 0 aromatic carbocycles. The van der Waals surface area contributed by atoms with Crippen LogP contribution in [0.25, 0.3) is 0 Å². The summed E-state index contributed by atoms with van der Waals surface area (Å²) in [6.45, 7) is 13.6. The molecule has 1 N–H and O–H groups in total. The van der Waals surface area contributed by atoms with E-state index in [0.717, 1.165) is 36.5 Å². The van der Waals surface area contributed by atoms with Gasteiger partial charge in [-0.1, -0.05) is 19.9 Å². The molecular weight excluding hydrogens is 236 g/mol. The third-order valence-corrected chi connectivity index (χ3v) is 2.92. The number of rotatable bonds is 8. The van der Waals surface area contributed by atoms with Crippen molar-refractivity contribution in [2.75, 3.05) is 6.61 Å². The first-order valence-electron chi connectivity index (χ1n) is 6.98. The van der Waals surface area contributed by atoms with Gasteiger partial charge in [-0.2, -0.15) is 0 Å². The topological polar surface area (TPSA) is 34.1 Å². The Morgan fingerprint density at radius 1 is 1.42 bits per heavy atom. The molecule has 0 atom stereocenters. The molecule has 0 bridgehead atoms. The lowest BCUT2D eigenvalue weighted by Crippen LogP contribution is -2.23. The van der Waals surface area contributed by atoms with E-state index in [1.165, 1.54) is 5.56 Å². The van der Waals surface area contributed by atoms with Crippen molar-refractivity contribution in [2.24, 2.45) is 0 Å². The molecule has 19 heavy (non-hydrogen) atoms. The van der Waals surface area contributed by atoms with Crippen LogP contribution >= 0.6 is 0 Å². The van der Waals surface area contributed by atoms with Crippen LogP contribution in [0.3, 0.4) is 0 Å². The number of hydrogen-bond acceptors (Lipinski definition) is 3. The Balaban J connectivity index is 2.77. The molecule has 0 saturated carbocycles. The highest BCUT2D eigenvalue weighted by Gasteiger charge is 2.10. The average Bonchev–Trinajstić information content (AvgIpc) is 2.33. The molecule has 0 saturated heterocycles. The molecule has 106 valence electrons. The fourth-order valence-corrected chi connectivity index (χ4v) is 1.87. The lowest BCUT2D eigenvalue weighted by molar-refractivity contribution is 0.295. The van der Waals surface area contributed by atoms with E-state index in [1.54, 1.807) is 0 Å². The maximum atomic E-state index is 5.83. The van der Waals surface area contributed by atoms with Gasteiger partial charge in [0.25, 0.3) is 0 Å². The second kappa shape index (κ2) is 7.95. The first-order chi connectivity index (χ1) is 9.04. The predicted octanol–water partition coefficient (Wildman–Crippen LogP) is 3.54. The number of nitrogens with zero attached hydrogens (tertiary/aromatic N) is 1. The van der Waals surface area contributed by atoms with Gasteiger partial charge in [-0.15, -0.1) is 6.58 Å². The van der Waals surface area contributed by atoms with Gasteiger partial charge < -0.3 is 10.1 Å². The van der Waals surface area contributed by atoms with E-state index < -0.39 is 0 Å². The molecule has 0 aliphatic heterocycles. The molecule has 1 heterocycles.